The van der Waals surface area contributed by atoms with Crippen molar-refractivity contribution in [1.82, 2.24) is 0 Å². The van der Waals surface area contributed by atoms with Crippen LogP contribution in [0.4, 0.5) is 51.2 Å². The Balaban J connectivity index is 0.901. The van der Waals surface area contributed by atoms with Gasteiger partial charge in [0.15, 0.2) is 0 Å². The highest BCUT2D eigenvalue weighted by molar-refractivity contribution is 5.91. The van der Waals surface area contributed by atoms with Crippen molar-refractivity contribution in [2.24, 2.45) is 5.73 Å². The fourth-order valence-electron chi connectivity index (χ4n) is 15.9. The van der Waals surface area contributed by atoms with Crippen LogP contribution in [-0.4, -0.2) is 0 Å². The second kappa shape index (κ2) is 31.8. The first-order valence-corrected chi connectivity index (χ1v) is 41.9. The molecule has 13 aromatic rings. The Hall–Kier alpha value is -10.8. The first-order valence-electron chi connectivity index (χ1n) is 41.9. The summed E-state index contributed by atoms with van der Waals surface area (Å²) in [5.74, 6) is 0. The van der Waals surface area contributed by atoms with Gasteiger partial charge in [-0.15, -0.1) is 0 Å². The average molecular weight is 1510 g/mol. The molecule has 0 bridgehead atoms. The van der Waals surface area contributed by atoms with Gasteiger partial charge in [-0.2, -0.15) is 0 Å². The van der Waals surface area contributed by atoms with Crippen LogP contribution >= 0.6 is 0 Å². The molecule has 0 unspecified atom stereocenters. The van der Waals surface area contributed by atoms with Gasteiger partial charge in [-0.3, -0.25) is 0 Å². The molecule has 115 heavy (non-hydrogen) atoms. The number of hydrogen-bond acceptors (Lipinski definition) is 4. The third-order valence-electron chi connectivity index (χ3n) is 23.8. The van der Waals surface area contributed by atoms with E-state index in [4.69, 9.17) is 5.73 Å². The molecule has 0 saturated carbocycles. The Kier molecular flexibility index (Phi) is 22.7. The molecule has 588 valence electrons. The minimum absolute atomic E-state index is 0.0377. The molecule has 13 aromatic carbocycles. The predicted octanol–water partition coefficient (Wildman–Crippen LogP) is 32.2. The van der Waals surface area contributed by atoms with E-state index >= 15 is 0 Å². The van der Waals surface area contributed by atoms with Gasteiger partial charge in [0.05, 0.1) is 0 Å². The monoisotopic (exact) mass is 1510 g/mol. The minimum atomic E-state index is -0.367. The van der Waals surface area contributed by atoms with E-state index in [1.807, 2.05) is 0 Å². The number of nitrogens with two attached hydrogens (primary N) is 1. The SMILES string of the molecule is CCC(N)(CC)c1ccc(-c2cc(C(C)(C)C)ccc2-c2ccc(N(c3ccc(-c4ccc(C(C)(C)C)cc4-c4ccc(N(c5ccc(C(C)(C)C)cc5)c5ccc(C(C)(C)C)cc5)cc4)cc3)c3ccc(-c4ccc(C(C)(C)C)cc4-c4ccc(N(c5ccc(C(C)(C)C)cc5)c5ccc(C(C)(C)C)cc5)cc4)cc3)cc2)cc1. The lowest BCUT2D eigenvalue weighted by atomic mass is 9.82. The van der Waals surface area contributed by atoms with E-state index in [1.54, 1.807) is 0 Å². The van der Waals surface area contributed by atoms with Crippen molar-refractivity contribution in [3.8, 4) is 66.8 Å². The van der Waals surface area contributed by atoms with Gasteiger partial charge >= 0.3 is 0 Å². The smallest absolute Gasteiger partial charge is 0.0462 e. The Labute approximate surface area is 691 Å². The molecular weight excluding hydrogens is 1390 g/mol. The van der Waals surface area contributed by atoms with Gasteiger partial charge in [0.2, 0.25) is 0 Å². The molecule has 4 nitrogen and oxygen atoms in total. The Morgan fingerprint density at radius 2 is 0.313 bits per heavy atom. The van der Waals surface area contributed by atoms with Crippen LogP contribution in [0.2, 0.25) is 0 Å². The maximum atomic E-state index is 7.01. The van der Waals surface area contributed by atoms with Crippen molar-refractivity contribution >= 4 is 51.2 Å². The average Bonchev–Trinajstić information content (AvgIpc) is 0.779. The summed E-state index contributed by atoms with van der Waals surface area (Å²) >= 11 is 0. The van der Waals surface area contributed by atoms with Gasteiger partial charge in [-0.05, 0) is 271 Å². The predicted molar refractivity (Wildman–Crippen MR) is 500 cm³/mol. The van der Waals surface area contributed by atoms with Crippen LogP contribution in [0, 0.1) is 0 Å². The molecule has 13 rings (SSSR count). The lowest BCUT2D eigenvalue weighted by Crippen LogP contribution is -2.34. The van der Waals surface area contributed by atoms with E-state index in [-0.39, 0.29) is 43.4 Å². The summed E-state index contributed by atoms with van der Waals surface area (Å²) in [6.07, 6.45) is 1.75. The van der Waals surface area contributed by atoms with Crippen LogP contribution in [0.25, 0.3) is 66.8 Å². The lowest BCUT2D eigenvalue weighted by Gasteiger charge is -2.28. The van der Waals surface area contributed by atoms with Crippen LogP contribution in [0.5, 0.6) is 0 Å². The Morgan fingerprint density at radius 1 is 0.174 bits per heavy atom. The van der Waals surface area contributed by atoms with Crippen molar-refractivity contribution in [3.05, 3.63) is 342 Å². The summed E-state index contributed by atoms with van der Waals surface area (Å²) < 4.78 is 0. The first kappa shape index (κ1) is 82.2. The van der Waals surface area contributed by atoms with E-state index in [0.29, 0.717) is 0 Å². The van der Waals surface area contributed by atoms with Gasteiger partial charge in [0.25, 0.3) is 0 Å². The summed E-state index contributed by atoms with van der Waals surface area (Å²) in [6, 6.07) is 113. The largest absolute Gasteiger partial charge is 0.321 e. The molecule has 0 atom stereocenters. The second-order valence-electron chi connectivity index (χ2n) is 39.4. The number of anilines is 9. The lowest BCUT2D eigenvalue weighted by molar-refractivity contribution is 0.413. The zero-order chi connectivity index (χ0) is 82.5. The molecular formula is C111H124N4. The van der Waals surface area contributed by atoms with E-state index in [2.05, 4.69) is 471 Å². The molecule has 0 radical (unpaired) electrons. The summed E-state index contributed by atoms with van der Waals surface area (Å²) in [5, 5.41) is 0. The van der Waals surface area contributed by atoms with E-state index in [9.17, 15) is 0 Å². The van der Waals surface area contributed by atoms with Gasteiger partial charge < -0.3 is 20.4 Å². The topological polar surface area (TPSA) is 35.7 Å². The Morgan fingerprint density at radius 3 is 0.478 bits per heavy atom. The fourth-order valence-corrected chi connectivity index (χ4v) is 15.9. The molecule has 0 fully saturated rings. The van der Waals surface area contributed by atoms with Crippen LogP contribution in [-0.2, 0) is 43.4 Å². The maximum absolute atomic E-state index is 7.01. The van der Waals surface area contributed by atoms with E-state index < -0.39 is 0 Å². The van der Waals surface area contributed by atoms with Gasteiger partial charge in [0.1, 0.15) is 0 Å². The summed E-state index contributed by atoms with van der Waals surface area (Å²) in [5.41, 5.74) is 40.8. The van der Waals surface area contributed by atoms with Crippen LogP contribution in [0.15, 0.2) is 297 Å². The molecule has 0 aliphatic heterocycles. The molecule has 0 aliphatic carbocycles. The summed E-state index contributed by atoms with van der Waals surface area (Å²) in [6.45, 7) is 52.5. The molecule has 0 saturated heterocycles. The van der Waals surface area contributed by atoms with Crippen LogP contribution in [0.1, 0.15) is 217 Å². The normalized spacial score (nSPS) is 12.6. The number of benzene rings is 13. The quantitative estimate of drug-likeness (QED) is 0.0929. The highest BCUT2D eigenvalue weighted by atomic mass is 15.2. The number of rotatable bonds is 18. The molecule has 2 N–H and O–H groups in total. The van der Waals surface area contributed by atoms with Crippen molar-refractivity contribution in [2.75, 3.05) is 14.7 Å². The highest BCUT2D eigenvalue weighted by Gasteiger charge is 2.28. The third kappa shape index (κ3) is 18.0. The maximum Gasteiger partial charge on any atom is 0.0462 e. The zero-order valence-corrected chi connectivity index (χ0v) is 73.1. The molecule has 0 spiro atoms. The number of nitrogens with zero attached hydrogens (tertiary/aromatic N) is 3. The first-order chi connectivity index (χ1) is 54.2. The third-order valence-corrected chi connectivity index (χ3v) is 23.8. The molecule has 0 amide bonds. The van der Waals surface area contributed by atoms with Crippen molar-refractivity contribution in [1.29, 1.82) is 0 Å². The summed E-state index contributed by atoms with van der Waals surface area (Å²) in [4.78, 5) is 7.21. The van der Waals surface area contributed by atoms with Gasteiger partial charge in [-0.1, -0.05) is 347 Å². The van der Waals surface area contributed by atoms with Crippen molar-refractivity contribution in [3.63, 3.8) is 0 Å². The Bertz CT molecular complexity index is 5110. The fraction of sp³-hybridized carbons (Fsp3) is 0.297. The van der Waals surface area contributed by atoms with Gasteiger partial charge in [-0.25, -0.2) is 0 Å². The second-order valence-corrected chi connectivity index (χ2v) is 39.4. The minimum Gasteiger partial charge on any atom is -0.321 e. The molecule has 0 aromatic heterocycles. The molecule has 0 aliphatic rings. The van der Waals surface area contributed by atoms with E-state index in [1.165, 1.54) is 83.5 Å². The number of hydrogen-bond donors (Lipinski definition) is 1. The molecule has 4 heteroatoms. The van der Waals surface area contributed by atoms with Crippen molar-refractivity contribution < 1.29 is 0 Å². The highest BCUT2D eigenvalue weighted by Crippen LogP contribution is 2.48. The van der Waals surface area contributed by atoms with Crippen LogP contribution in [0.3, 0.4) is 0 Å². The van der Waals surface area contributed by atoms with Crippen LogP contribution < -0.4 is 20.4 Å². The van der Waals surface area contributed by atoms with Gasteiger partial charge in [0, 0.05) is 56.7 Å². The summed E-state index contributed by atoms with van der Waals surface area (Å²) in [7, 11) is 0. The van der Waals surface area contributed by atoms with E-state index in [0.717, 1.165) is 91.8 Å². The standard InChI is InChI=1S/C111H124N4/c1-24-111(112,25-2)85-38-26-78(27-39-85)101-72-86(108(15,16)17)48-69-98(101)75-28-51-89(52-29-75)113(90-53-30-76(31-54-90)99-70-49-87(109(18,19)20)73-102(99)79-34-57-92(58-35-79)114(94-61-40-81(41-62-94)104(3,4)5)95-63-42-82(43-64-95)105(6,7)8)91-55-32-77(33-56-91)100-71-50-88(110(21,22)23)74-103(100)80-36-59-93(60-37-80)115(96-65-44-83(45-66-96)106(9,10)11)97-67-46-84(47-68-97)107(12,13)14/h26-74H,24-25,112H2,1-23H3. The zero-order valence-electron chi connectivity index (χ0n) is 73.1. The van der Waals surface area contributed by atoms with Crippen molar-refractivity contribution in [2.45, 2.75) is 216 Å². The molecule has 0 heterocycles.